The van der Waals surface area contributed by atoms with E-state index < -0.39 is 0 Å². The van der Waals surface area contributed by atoms with Crippen molar-refractivity contribution in [2.75, 3.05) is 0 Å². The van der Waals surface area contributed by atoms with Crippen molar-refractivity contribution in [2.24, 2.45) is 0 Å². The zero-order chi connectivity index (χ0) is 13.9. The van der Waals surface area contributed by atoms with Crippen molar-refractivity contribution in [3.05, 3.63) is 41.0 Å². The molecule has 0 saturated heterocycles. The SMILES string of the molecule is Cc1c(-c2ccccc2)nn(C2CCCCCC2)c1Cl. The predicted molar refractivity (Wildman–Crippen MR) is 84.1 cm³/mol. The molecule has 1 aromatic heterocycles. The van der Waals surface area contributed by atoms with Crippen LogP contribution in [0.25, 0.3) is 11.3 Å². The maximum atomic E-state index is 6.55. The highest BCUT2D eigenvalue weighted by atomic mass is 35.5. The normalized spacial score (nSPS) is 17.1. The van der Waals surface area contributed by atoms with Gasteiger partial charge in [0.05, 0.1) is 11.7 Å². The van der Waals surface area contributed by atoms with Gasteiger partial charge in [0, 0.05) is 11.1 Å². The summed E-state index contributed by atoms with van der Waals surface area (Å²) in [5.41, 5.74) is 3.28. The van der Waals surface area contributed by atoms with Gasteiger partial charge in [-0.25, -0.2) is 0 Å². The minimum Gasteiger partial charge on any atom is -0.250 e. The van der Waals surface area contributed by atoms with Crippen molar-refractivity contribution in [1.29, 1.82) is 0 Å². The van der Waals surface area contributed by atoms with Gasteiger partial charge in [-0.2, -0.15) is 5.10 Å². The first-order valence-electron chi connectivity index (χ1n) is 7.57. The van der Waals surface area contributed by atoms with Gasteiger partial charge in [0.2, 0.25) is 0 Å². The van der Waals surface area contributed by atoms with Crippen molar-refractivity contribution in [1.82, 2.24) is 9.78 Å². The van der Waals surface area contributed by atoms with Crippen molar-refractivity contribution in [2.45, 2.75) is 51.5 Å². The summed E-state index contributed by atoms with van der Waals surface area (Å²) in [4.78, 5) is 0. The Morgan fingerprint density at radius 1 is 1.05 bits per heavy atom. The lowest BCUT2D eigenvalue weighted by atomic mass is 10.1. The van der Waals surface area contributed by atoms with Crippen molar-refractivity contribution >= 4 is 11.6 Å². The van der Waals surface area contributed by atoms with Gasteiger partial charge in [0.1, 0.15) is 5.15 Å². The van der Waals surface area contributed by atoms with E-state index in [4.69, 9.17) is 16.7 Å². The minimum absolute atomic E-state index is 0.473. The first-order chi connectivity index (χ1) is 9.77. The van der Waals surface area contributed by atoms with E-state index in [1.54, 1.807) is 0 Å². The molecule has 2 aromatic rings. The second-order valence-corrected chi connectivity index (χ2v) is 6.08. The van der Waals surface area contributed by atoms with Crippen molar-refractivity contribution in [3.8, 4) is 11.3 Å². The topological polar surface area (TPSA) is 17.8 Å². The lowest BCUT2D eigenvalue weighted by Crippen LogP contribution is -2.10. The molecule has 1 aromatic carbocycles. The van der Waals surface area contributed by atoms with Gasteiger partial charge in [0.15, 0.2) is 0 Å². The molecule has 0 aliphatic heterocycles. The molecule has 1 aliphatic carbocycles. The Morgan fingerprint density at radius 2 is 1.70 bits per heavy atom. The van der Waals surface area contributed by atoms with Crippen LogP contribution in [0.3, 0.4) is 0 Å². The van der Waals surface area contributed by atoms with Gasteiger partial charge in [-0.3, -0.25) is 4.68 Å². The van der Waals surface area contributed by atoms with Crippen LogP contribution in [0.15, 0.2) is 30.3 Å². The highest BCUT2D eigenvalue weighted by Gasteiger charge is 2.21. The van der Waals surface area contributed by atoms with Crippen LogP contribution in [-0.4, -0.2) is 9.78 Å². The third-order valence-corrected chi connectivity index (χ3v) is 4.75. The first-order valence-corrected chi connectivity index (χ1v) is 7.95. The summed E-state index contributed by atoms with van der Waals surface area (Å²) in [7, 11) is 0. The van der Waals surface area contributed by atoms with E-state index in [2.05, 4.69) is 23.7 Å². The monoisotopic (exact) mass is 288 g/mol. The van der Waals surface area contributed by atoms with Crippen LogP contribution in [0.5, 0.6) is 0 Å². The van der Waals surface area contributed by atoms with Crippen LogP contribution in [0.4, 0.5) is 0 Å². The largest absolute Gasteiger partial charge is 0.250 e. The Kier molecular flexibility index (Phi) is 4.11. The molecule has 1 fully saturated rings. The number of aromatic nitrogens is 2. The molecule has 0 N–H and O–H groups in total. The Bertz CT molecular complexity index is 566. The average molecular weight is 289 g/mol. The maximum absolute atomic E-state index is 6.55. The van der Waals surface area contributed by atoms with Crippen molar-refractivity contribution < 1.29 is 0 Å². The summed E-state index contributed by atoms with van der Waals surface area (Å²) in [6.45, 7) is 2.07. The summed E-state index contributed by atoms with van der Waals surface area (Å²) in [5, 5.41) is 5.65. The van der Waals surface area contributed by atoms with Gasteiger partial charge >= 0.3 is 0 Å². The van der Waals surface area contributed by atoms with E-state index in [0.717, 1.165) is 22.0 Å². The molecule has 2 nitrogen and oxygen atoms in total. The fraction of sp³-hybridized carbons (Fsp3) is 0.471. The lowest BCUT2D eigenvalue weighted by Gasteiger charge is -2.15. The molecule has 1 saturated carbocycles. The van der Waals surface area contributed by atoms with Gasteiger partial charge in [-0.1, -0.05) is 67.6 Å². The molecule has 0 bridgehead atoms. The number of hydrogen-bond donors (Lipinski definition) is 0. The second kappa shape index (κ2) is 6.01. The standard InChI is InChI=1S/C17H21ClN2/c1-13-16(14-9-5-4-6-10-14)19-20(17(13)18)15-11-7-2-3-8-12-15/h4-6,9-10,15H,2-3,7-8,11-12H2,1H3. The molecule has 0 atom stereocenters. The average Bonchev–Trinajstić information content (AvgIpc) is 2.69. The molecule has 0 radical (unpaired) electrons. The highest BCUT2D eigenvalue weighted by molar-refractivity contribution is 6.30. The highest BCUT2D eigenvalue weighted by Crippen LogP contribution is 2.34. The van der Waals surface area contributed by atoms with Crippen LogP contribution in [0.1, 0.15) is 50.1 Å². The van der Waals surface area contributed by atoms with Crippen LogP contribution in [0.2, 0.25) is 5.15 Å². The van der Waals surface area contributed by atoms with E-state index in [0.29, 0.717) is 6.04 Å². The van der Waals surface area contributed by atoms with Gasteiger partial charge < -0.3 is 0 Å². The van der Waals surface area contributed by atoms with Crippen molar-refractivity contribution in [3.63, 3.8) is 0 Å². The number of nitrogens with zero attached hydrogens (tertiary/aromatic N) is 2. The van der Waals surface area contributed by atoms with Gasteiger partial charge in [0.25, 0.3) is 0 Å². The molecular formula is C17H21ClN2. The van der Waals surface area contributed by atoms with E-state index >= 15 is 0 Å². The van der Waals surface area contributed by atoms with Gasteiger partial charge in [-0.15, -0.1) is 0 Å². The van der Waals surface area contributed by atoms with E-state index in [-0.39, 0.29) is 0 Å². The fourth-order valence-corrected chi connectivity index (χ4v) is 3.38. The summed E-state index contributed by atoms with van der Waals surface area (Å²) >= 11 is 6.55. The molecule has 0 amide bonds. The molecule has 3 rings (SSSR count). The van der Waals surface area contributed by atoms with Crippen LogP contribution in [-0.2, 0) is 0 Å². The zero-order valence-corrected chi connectivity index (χ0v) is 12.7. The Hall–Kier alpha value is -1.28. The predicted octanol–water partition coefficient (Wildman–Crippen LogP) is 5.41. The molecule has 1 aliphatic rings. The third-order valence-electron chi connectivity index (χ3n) is 4.29. The molecular weight excluding hydrogens is 268 g/mol. The summed E-state index contributed by atoms with van der Waals surface area (Å²) < 4.78 is 2.07. The zero-order valence-electron chi connectivity index (χ0n) is 12.0. The molecule has 0 spiro atoms. The number of halogens is 1. The maximum Gasteiger partial charge on any atom is 0.130 e. The smallest absolute Gasteiger partial charge is 0.130 e. The van der Waals surface area contributed by atoms with E-state index in [9.17, 15) is 0 Å². The molecule has 1 heterocycles. The lowest BCUT2D eigenvalue weighted by molar-refractivity contribution is 0.407. The Morgan fingerprint density at radius 3 is 2.35 bits per heavy atom. The third kappa shape index (κ3) is 2.62. The minimum atomic E-state index is 0.473. The van der Waals surface area contributed by atoms with E-state index in [1.165, 1.54) is 38.5 Å². The molecule has 20 heavy (non-hydrogen) atoms. The summed E-state index contributed by atoms with van der Waals surface area (Å²) in [6.07, 6.45) is 7.69. The fourth-order valence-electron chi connectivity index (χ4n) is 3.11. The quantitative estimate of drug-likeness (QED) is 0.676. The summed E-state index contributed by atoms with van der Waals surface area (Å²) in [5.74, 6) is 0. The van der Waals surface area contributed by atoms with E-state index in [1.807, 2.05) is 18.2 Å². The number of rotatable bonds is 2. The van der Waals surface area contributed by atoms with Crippen LogP contribution in [0, 0.1) is 6.92 Å². The Labute approximate surface area is 125 Å². The first kappa shape index (κ1) is 13.7. The van der Waals surface area contributed by atoms with Crippen LogP contribution < -0.4 is 0 Å². The number of benzene rings is 1. The van der Waals surface area contributed by atoms with Gasteiger partial charge in [-0.05, 0) is 19.8 Å². The summed E-state index contributed by atoms with van der Waals surface area (Å²) in [6, 6.07) is 10.8. The molecule has 106 valence electrons. The molecule has 3 heteroatoms. The second-order valence-electron chi connectivity index (χ2n) is 5.72. The number of hydrogen-bond acceptors (Lipinski definition) is 1. The van der Waals surface area contributed by atoms with Crippen LogP contribution >= 0.6 is 11.6 Å². The Balaban J connectivity index is 1.97. The molecule has 0 unspecified atom stereocenters.